The number of ether oxygens (including phenoxy) is 1. The van der Waals surface area contributed by atoms with E-state index in [9.17, 15) is 4.79 Å². The molecule has 1 fully saturated rings. The Morgan fingerprint density at radius 1 is 1.55 bits per heavy atom. The van der Waals surface area contributed by atoms with Crippen molar-refractivity contribution in [3.8, 4) is 0 Å². The van der Waals surface area contributed by atoms with Crippen molar-refractivity contribution in [2.24, 2.45) is 11.1 Å². The first-order valence-electron chi connectivity index (χ1n) is 7.15. The number of nitrogens with zero attached hydrogens (tertiary/aromatic N) is 1. The van der Waals surface area contributed by atoms with Crippen molar-refractivity contribution >= 4 is 5.91 Å². The molecule has 0 spiro atoms. The molecular weight excluding hydrogens is 252 g/mol. The number of hydrogen-bond donors (Lipinski definition) is 1. The molecule has 1 aliphatic rings. The van der Waals surface area contributed by atoms with E-state index in [0.717, 1.165) is 5.56 Å². The minimum absolute atomic E-state index is 0.0894. The lowest BCUT2D eigenvalue weighted by Gasteiger charge is -2.32. The maximum Gasteiger partial charge on any atom is 0.232 e. The number of carbonyl (C=O) groups is 1. The van der Waals surface area contributed by atoms with Crippen LogP contribution < -0.4 is 5.73 Å². The predicted molar refractivity (Wildman–Crippen MR) is 79.2 cm³/mol. The highest BCUT2D eigenvalue weighted by atomic mass is 16.5. The predicted octanol–water partition coefficient (Wildman–Crippen LogP) is 1.71. The molecule has 110 valence electrons. The first-order chi connectivity index (χ1) is 9.47. The molecule has 0 radical (unpaired) electrons. The molecule has 1 aliphatic heterocycles. The monoisotopic (exact) mass is 276 g/mol. The van der Waals surface area contributed by atoms with E-state index in [1.807, 2.05) is 24.8 Å². The van der Waals surface area contributed by atoms with Gasteiger partial charge in [-0.2, -0.15) is 0 Å². The molecule has 0 aromatic heterocycles. The van der Waals surface area contributed by atoms with Gasteiger partial charge in [0.2, 0.25) is 5.91 Å². The maximum atomic E-state index is 12.8. The second-order valence-electron chi connectivity index (χ2n) is 5.85. The number of nitrogens with two attached hydrogens (primary N) is 1. The van der Waals surface area contributed by atoms with E-state index in [0.29, 0.717) is 26.3 Å². The molecule has 2 N–H and O–H groups in total. The standard InChI is InChI=1S/C16H24N2O2/c1-4-18(9-13-7-5-6-12(2)8-13)15(19)16(3)11-20-10-14(16)17/h5-8,14H,4,9-11,17H2,1-3H3. The average molecular weight is 276 g/mol. The van der Waals surface area contributed by atoms with Gasteiger partial charge in [-0.25, -0.2) is 0 Å². The van der Waals surface area contributed by atoms with Crippen molar-refractivity contribution in [3.05, 3.63) is 35.4 Å². The van der Waals surface area contributed by atoms with Crippen molar-refractivity contribution in [1.29, 1.82) is 0 Å². The highest BCUT2D eigenvalue weighted by Crippen LogP contribution is 2.30. The van der Waals surface area contributed by atoms with E-state index in [4.69, 9.17) is 10.5 Å². The summed E-state index contributed by atoms with van der Waals surface area (Å²) < 4.78 is 5.38. The van der Waals surface area contributed by atoms with Gasteiger partial charge in [-0.15, -0.1) is 0 Å². The summed E-state index contributed by atoms with van der Waals surface area (Å²) in [6, 6.07) is 8.03. The van der Waals surface area contributed by atoms with Crippen LogP contribution in [0, 0.1) is 12.3 Å². The zero-order valence-electron chi connectivity index (χ0n) is 12.6. The lowest BCUT2D eigenvalue weighted by molar-refractivity contribution is -0.142. The average Bonchev–Trinajstić information content (AvgIpc) is 2.76. The van der Waals surface area contributed by atoms with Crippen LogP contribution in [0.3, 0.4) is 0 Å². The molecule has 2 rings (SSSR count). The number of carbonyl (C=O) groups excluding carboxylic acids is 1. The third-order valence-corrected chi connectivity index (χ3v) is 4.13. The van der Waals surface area contributed by atoms with Gasteiger partial charge in [-0.05, 0) is 26.3 Å². The molecule has 0 saturated carbocycles. The Bertz CT molecular complexity index is 489. The Morgan fingerprint density at radius 2 is 2.30 bits per heavy atom. The molecule has 1 saturated heterocycles. The van der Waals surface area contributed by atoms with Crippen LogP contribution in [0.5, 0.6) is 0 Å². The van der Waals surface area contributed by atoms with E-state index < -0.39 is 5.41 Å². The summed E-state index contributed by atoms with van der Waals surface area (Å²) in [5.41, 5.74) is 7.81. The lowest BCUT2D eigenvalue weighted by Crippen LogP contribution is -2.51. The fraction of sp³-hybridized carbons (Fsp3) is 0.562. The number of hydrogen-bond acceptors (Lipinski definition) is 3. The summed E-state index contributed by atoms with van der Waals surface area (Å²) >= 11 is 0. The highest BCUT2D eigenvalue weighted by molar-refractivity contribution is 5.83. The Morgan fingerprint density at radius 3 is 2.85 bits per heavy atom. The maximum absolute atomic E-state index is 12.8. The summed E-state index contributed by atoms with van der Waals surface area (Å²) in [5, 5.41) is 0. The van der Waals surface area contributed by atoms with Crippen LogP contribution in [0.2, 0.25) is 0 Å². The Labute approximate surface area is 120 Å². The third kappa shape index (κ3) is 2.86. The molecule has 4 nitrogen and oxygen atoms in total. The van der Waals surface area contributed by atoms with Gasteiger partial charge in [0.05, 0.1) is 18.6 Å². The van der Waals surface area contributed by atoms with Crippen LogP contribution in [0.15, 0.2) is 24.3 Å². The third-order valence-electron chi connectivity index (χ3n) is 4.13. The normalized spacial score (nSPS) is 25.7. The van der Waals surface area contributed by atoms with Gasteiger partial charge >= 0.3 is 0 Å². The van der Waals surface area contributed by atoms with Crippen molar-refractivity contribution in [2.45, 2.75) is 33.4 Å². The molecule has 2 atom stereocenters. The molecule has 20 heavy (non-hydrogen) atoms. The van der Waals surface area contributed by atoms with Gasteiger partial charge < -0.3 is 15.4 Å². The second-order valence-corrected chi connectivity index (χ2v) is 5.85. The topological polar surface area (TPSA) is 55.6 Å². The number of benzene rings is 1. The quantitative estimate of drug-likeness (QED) is 0.911. The van der Waals surface area contributed by atoms with Crippen molar-refractivity contribution in [3.63, 3.8) is 0 Å². The summed E-state index contributed by atoms with van der Waals surface area (Å²) in [6.07, 6.45) is 0. The van der Waals surface area contributed by atoms with Gasteiger partial charge in [0.1, 0.15) is 0 Å². The number of amides is 1. The smallest absolute Gasteiger partial charge is 0.232 e. The molecule has 0 bridgehead atoms. The summed E-state index contributed by atoms with van der Waals surface area (Å²) in [7, 11) is 0. The number of rotatable bonds is 4. The molecule has 1 amide bonds. The molecule has 1 heterocycles. The van der Waals surface area contributed by atoms with Crippen molar-refractivity contribution in [1.82, 2.24) is 4.90 Å². The van der Waals surface area contributed by atoms with Crippen molar-refractivity contribution < 1.29 is 9.53 Å². The first kappa shape index (κ1) is 15.0. The largest absolute Gasteiger partial charge is 0.379 e. The molecule has 4 heteroatoms. The van der Waals surface area contributed by atoms with E-state index in [1.165, 1.54) is 5.56 Å². The van der Waals surface area contributed by atoms with Gasteiger partial charge in [-0.3, -0.25) is 4.79 Å². The zero-order chi connectivity index (χ0) is 14.8. The Balaban J connectivity index is 2.14. The summed E-state index contributed by atoms with van der Waals surface area (Å²) in [4.78, 5) is 14.6. The van der Waals surface area contributed by atoms with Gasteiger partial charge in [0.25, 0.3) is 0 Å². The van der Waals surface area contributed by atoms with Gasteiger partial charge in [0, 0.05) is 19.1 Å². The SMILES string of the molecule is CCN(Cc1cccc(C)c1)C(=O)C1(C)COCC1N. The molecule has 2 unspecified atom stereocenters. The minimum Gasteiger partial charge on any atom is -0.379 e. The lowest BCUT2D eigenvalue weighted by atomic mass is 9.84. The molecule has 1 aromatic carbocycles. The van der Waals surface area contributed by atoms with E-state index in [2.05, 4.69) is 25.1 Å². The van der Waals surface area contributed by atoms with E-state index in [-0.39, 0.29) is 11.9 Å². The fourth-order valence-corrected chi connectivity index (χ4v) is 2.63. The van der Waals surface area contributed by atoms with Crippen LogP contribution in [0.1, 0.15) is 25.0 Å². The van der Waals surface area contributed by atoms with Gasteiger partial charge in [-0.1, -0.05) is 29.8 Å². The Kier molecular flexibility index (Phi) is 4.45. The number of aryl methyl sites for hydroxylation is 1. The van der Waals surface area contributed by atoms with Crippen LogP contribution in [-0.2, 0) is 16.1 Å². The first-order valence-corrected chi connectivity index (χ1v) is 7.15. The van der Waals surface area contributed by atoms with Crippen LogP contribution in [0.4, 0.5) is 0 Å². The molecular formula is C16H24N2O2. The highest BCUT2D eigenvalue weighted by Gasteiger charge is 2.46. The fourth-order valence-electron chi connectivity index (χ4n) is 2.63. The molecule has 1 aromatic rings. The van der Waals surface area contributed by atoms with Gasteiger partial charge in [0.15, 0.2) is 0 Å². The van der Waals surface area contributed by atoms with Crippen LogP contribution >= 0.6 is 0 Å². The van der Waals surface area contributed by atoms with Crippen LogP contribution in [0.25, 0.3) is 0 Å². The zero-order valence-corrected chi connectivity index (χ0v) is 12.6. The van der Waals surface area contributed by atoms with Crippen molar-refractivity contribution in [2.75, 3.05) is 19.8 Å². The van der Waals surface area contributed by atoms with E-state index in [1.54, 1.807) is 0 Å². The summed E-state index contributed by atoms with van der Waals surface area (Å²) in [5.74, 6) is 0.0894. The van der Waals surface area contributed by atoms with Crippen LogP contribution in [-0.4, -0.2) is 36.6 Å². The Hall–Kier alpha value is -1.39. The molecule has 0 aliphatic carbocycles. The van der Waals surface area contributed by atoms with E-state index >= 15 is 0 Å². The second kappa shape index (κ2) is 5.94. The minimum atomic E-state index is -0.597. The summed E-state index contributed by atoms with van der Waals surface area (Å²) in [6.45, 7) is 8.14.